The quantitative estimate of drug-likeness (QED) is 0.923. The molecule has 1 amide bonds. The summed E-state index contributed by atoms with van der Waals surface area (Å²) in [7, 11) is -3.62. The molecular weight excluding hydrogens is 343 g/mol. The highest BCUT2D eigenvalue weighted by molar-refractivity contribution is 7.89. The molecular formula is C11H8Cl2N2O3S2. The van der Waals surface area contributed by atoms with Crippen LogP contribution in [0.1, 0.15) is 10.5 Å². The maximum Gasteiger partial charge on any atom is 0.284 e. The third kappa shape index (κ3) is 3.69. The minimum absolute atomic E-state index is 0.0152. The summed E-state index contributed by atoms with van der Waals surface area (Å²) in [6, 6.07) is 4.90. The molecule has 20 heavy (non-hydrogen) atoms. The van der Waals surface area contributed by atoms with Crippen molar-refractivity contribution in [2.75, 3.05) is 6.26 Å². The van der Waals surface area contributed by atoms with E-state index in [1.807, 2.05) is 4.72 Å². The normalized spacial score (nSPS) is 11.3. The third-order valence-corrected chi connectivity index (χ3v) is 4.16. The van der Waals surface area contributed by atoms with E-state index in [1.54, 1.807) is 18.2 Å². The Morgan fingerprint density at radius 1 is 1.35 bits per heavy atom. The molecule has 1 aromatic heterocycles. The zero-order chi connectivity index (χ0) is 14.9. The van der Waals surface area contributed by atoms with Gasteiger partial charge in [0.2, 0.25) is 10.0 Å². The van der Waals surface area contributed by atoms with E-state index < -0.39 is 15.9 Å². The molecule has 0 saturated carbocycles. The van der Waals surface area contributed by atoms with E-state index in [1.165, 1.54) is 16.7 Å². The van der Waals surface area contributed by atoms with Crippen LogP contribution in [-0.2, 0) is 10.0 Å². The van der Waals surface area contributed by atoms with E-state index in [4.69, 9.17) is 23.2 Å². The minimum atomic E-state index is -3.62. The number of carbonyl (C=O) groups excluding carboxylic acids is 1. The van der Waals surface area contributed by atoms with Gasteiger partial charge in [-0.3, -0.25) is 4.79 Å². The molecule has 0 atom stereocenters. The molecule has 2 rings (SSSR count). The number of halogens is 2. The molecule has 1 heterocycles. The summed E-state index contributed by atoms with van der Waals surface area (Å²) in [5.41, 5.74) is 0.640. The first-order chi connectivity index (χ1) is 9.26. The largest absolute Gasteiger partial charge is 0.284 e. The number of carbonyl (C=O) groups is 1. The number of rotatable bonds is 3. The predicted molar refractivity (Wildman–Crippen MR) is 79.9 cm³/mol. The number of thiazole rings is 1. The monoisotopic (exact) mass is 350 g/mol. The Morgan fingerprint density at radius 2 is 2.05 bits per heavy atom. The van der Waals surface area contributed by atoms with Crippen LogP contribution in [0, 0.1) is 0 Å². The van der Waals surface area contributed by atoms with E-state index in [0.29, 0.717) is 20.6 Å². The number of amides is 1. The van der Waals surface area contributed by atoms with Crippen molar-refractivity contribution >= 4 is 50.5 Å². The molecule has 2 aromatic rings. The van der Waals surface area contributed by atoms with E-state index in [-0.39, 0.29) is 5.69 Å². The van der Waals surface area contributed by atoms with Gasteiger partial charge >= 0.3 is 0 Å². The highest BCUT2D eigenvalue weighted by Gasteiger charge is 2.16. The second kappa shape index (κ2) is 5.69. The van der Waals surface area contributed by atoms with Crippen LogP contribution in [0.5, 0.6) is 0 Å². The van der Waals surface area contributed by atoms with Crippen molar-refractivity contribution < 1.29 is 13.2 Å². The van der Waals surface area contributed by atoms with Gasteiger partial charge in [0.25, 0.3) is 5.91 Å². The maximum absolute atomic E-state index is 11.6. The fraction of sp³-hybridized carbons (Fsp3) is 0.0909. The summed E-state index contributed by atoms with van der Waals surface area (Å²) in [5, 5.41) is 2.86. The van der Waals surface area contributed by atoms with Gasteiger partial charge in [-0.05, 0) is 18.2 Å². The smallest absolute Gasteiger partial charge is 0.266 e. The first kappa shape index (κ1) is 15.2. The lowest BCUT2D eigenvalue weighted by Crippen LogP contribution is -2.29. The Hall–Kier alpha value is -1.15. The number of nitrogens with one attached hydrogen (secondary N) is 1. The van der Waals surface area contributed by atoms with Gasteiger partial charge in [0.05, 0.1) is 11.3 Å². The number of hydrogen-bond acceptors (Lipinski definition) is 5. The number of benzene rings is 1. The Bertz CT molecular complexity index is 772. The van der Waals surface area contributed by atoms with Crippen molar-refractivity contribution in [2.45, 2.75) is 0 Å². The van der Waals surface area contributed by atoms with Gasteiger partial charge in [-0.2, -0.15) is 0 Å². The molecule has 0 spiro atoms. The molecule has 1 aromatic carbocycles. The zero-order valence-electron chi connectivity index (χ0n) is 10.1. The van der Waals surface area contributed by atoms with Gasteiger partial charge < -0.3 is 0 Å². The van der Waals surface area contributed by atoms with Gasteiger partial charge in [-0.25, -0.2) is 18.1 Å². The zero-order valence-corrected chi connectivity index (χ0v) is 13.2. The van der Waals surface area contributed by atoms with Crippen LogP contribution < -0.4 is 4.72 Å². The predicted octanol–water partition coefficient (Wildman–Crippen LogP) is 2.81. The fourth-order valence-electron chi connectivity index (χ4n) is 1.39. The van der Waals surface area contributed by atoms with Crippen LogP contribution in [0.15, 0.2) is 23.6 Å². The minimum Gasteiger partial charge on any atom is -0.266 e. The summed E-state index contributed by atoms with van der Waals surface area (Å²) in [4.78, 5) is 15.7. The first-order valence-electron chi connectivity index (χ1n) is 5.19. The lowest BCUT2D eigenvalue weighted by molar-refractivity contribution is 0.0977. The fourth-order valence-corrected chi connectivity index (χ4v) is 3.22. The van der Waals surface area contributed by atoms with E-state index >= 15 is 0 Å². The van der Waals surface area contributed by atoms with Gasteiger partial charge in [0.15, 0.2) is 0 Å². The summed E-state index contributed by atoms with van der Waals surface area (Å²) >= 11 is 13.0. The molecule has 1 N–H and O–H groups in total. The van der Waals surface area contributed by atoms with Crippen LogP contribution in [-0.4, -0.2) is 25.6 Å². The van der Waals surface area contributed by atoms with E-state index in [2.05, 4.69) is 4.98 Å². The Morgan fingerprint density at radius 3 is 2.65 bits per heavy atom. The van der Waals surface area contributed by atoms with Gasteiger partial charge in [0.1, 0.15) is 10.7 Å². The molecule has 0 saturated heterocycles. The molecule has 0 fully saturated rings. The lowest BCUT2D eigenvalue weighted by atomic mass is 10.2. The first-order valence-corrected chi connectivity index (χ1v) is 8.72. The van der Waals surface area contributed by atoms with Crippen LogP contribution in [0.2, 0.25) is 10.0 Å². The summed E-state index contributed by atoms with van der Waals surface area (Å²) in [5.74, 6) is -0.778. The molecule has 0 aliphatic heterocycles. The molecule has 9 heteroatoms. The van der Waals surface area contributed by atoms with Crippen molar-refractivity contribution in [1.29, 1.82) is 0 Å². The van der Waals surface area contributed by atoms with Crippen molar-refractivity contribution in [1.82, 2.24) is 9.71 Å². The highest BCUT2D eigenvalue weighted by Crippen LogP contribution is 2.32. The van der Waals surface area contributed by atoms with E-state index in [9.17, 15) is 13.2 Å². The SMILES string of the molecule is CS(=O)(=O)NC(=O)c1csc(-c2ccc(Cl)cc2Cl)n1. The van der Waals surface area contributed by atoms with Crippen molar-refractivity contribution in [3.05, 3.63) is 39.3 Å². The van der Waals surface area contributed by atoms with Crippen molar-refractivity contribution in [3.63, 3.8) is 0 Å². The Labute approximate surface area is 129 Å². The van der Waals surface area contributed by atoms with Gasteiger partial charge in [0, 0.05) is 16.0 Å². The van der Waals surface area contributed by atoms with Crippen LogP contribution >= 0.6 is 34.5 Å². The maximum atomic E-state index is 11.6. The lowest BCUT2D eigenvalue weighted by Gasteiger charge is -2.01. The second-order valence-electron chi connectivity index (χ2n) is 3.87. The van der Waals surface area contributed by atoms with E-state index in [0.717, 1.165) is 6.26 Å². The van der Waals surface area contributed by atoms with Crippen LogP contribution in [0.25, 0.3) is 10.6 Å². The van der Waals surface area contributed by atoms with Gasteiger partial charge in [-0.1, -0.05) is 23.2 Å². The number of nitrogens with zero attached hydrogens (tertiary/aromatic N) is 1. The Balaban J connectivity index is 2.31. The second-order valence-corrected chi connectivity index (χ2v) is 7.32. The van der Waals surface area contributed by atoms with Crippen molar-refractivity contribution in [2.24, 2.45) is 0 Å². The summed E-state index contributed by atoms with van der Waals surface area (Å²) < 4.78 is 23.8. The third-order valence-electron chi connectivity index (χ3n) is 2.18. The highest BCUT2D eigenvalue weighted by atomic mass is 35.5. The average Bonchev–Trinajstić information content (AvgIpc) is 2.75. The molecule has 0 aliphatic carbocycles. The average molecular weight is 351 g/mol. The molecule has 0 unspecified atom stereocenters. The molecule has 5 nitrogen and oxygen atoms in total. The topological polar surface area (TPSA) is 76.1 Å². The Kier molecular flexibility index (Phi) is 4.33. The number of aromatic nitrogens is 1. The summed E-state index contributed by atoms with van der Waals surface area (Å²) in [6.45, 7) is 0. The standard InChI is InChI=1S/C11H8Cl2N2O3S2/c1-20(17,18)15-10(16)9-5-19-11(14-9)7-3-2-6(12)4-8(7)13/h2-5H,1H3,(H,15,16). The summed E-state index contributed by atoms with van der Waals surface area (Å²) in [6.07, 6.45) is 0.897. The molecule has 0 bridgehead atoms. The number of hydrogen-bond donors (Lipinski definition) is 1. The molecule has 106 valence electrons. The van der Waals surface area contributed by atoms with Gasteiger partial charge in [-0.15, -0.1) is 11.3 Å². The number of sulfonamides is 1. The van der Waals surface area contributed by atoms with Crippen LogP contribution in [0.4, 0.5) is 0 Å². The molecule has 0 radical (unpaired) electrons. The van der Waals surface area contributed by atoms with Crippen LogP contribution in [0.3, 0.4) is 0 Å². The molecule has 0 aliphatic rings. The van der Waals surface area contributed by atoms with Crippen molar-refractivity contribution in [3.8, 4) is 10.6 Å².